The fourth-order valence-corrected chi connectivity index (χ4v) is 2.41. The molecule has 0 radical (unpaired) electrons. The molecule has 0 saturated heterocycles. The number of aliphatic hydroxyl groups excluding tert-OH is 1. The summed E-state index contributed by atoms with van der Waals surface area (Å²) in [6.45, 7) is 0. The first-order valence-corrected chi connectivity index (χ1v) is 6.34. The van der Waals surface area contributed by atoms with Crippen molar-refractivity contribution in [1.82, 2.24) is 0 Å². The molecule has 1 aliphatic rings. The molecule has 0 aliphatic heterocycles. The molecule has 1 unspecified atom stereocenters. The highest BCUT2D eigenvalue weighted by Crippen LogP contribution is 2.23. The molecule has 92 valence electrons. The summed E-state index contributed by atoms with van der Waals surface area (Å²) in [7, 11) is 0. The molecule has 1 aromatic rings. The maximum Gasteiger partial charge on any atom is 0.141 e. The van der Waals surface area contributed by atoms with Crippen LogP contribution in [-0.2, 0) is 6.42 Å². The van der Waals surface area contributed by atoms with E-state index in [2.05, 4.69) is 0 Å². The summed E-state index contributed by atoms with van der Waals surface area (Å²) in [5.41, 5.74) is 2.22. The molecule has 1 aromatic carbocycles. The van der Waals surface area contributed by atoms with Gasteiger partial charge in [-0.1, -0.05) is 35.7 Å². The van der Waals surface area contributed by atoms with Gasteiger partial charge in [0.1, 0.15) is 5.82 Å². The van der Waals surface area contributed by atoms with Crippen molar-refractivity contribution in [3.8, 4) is 0 Å². The van der Waals surface area contributed by atoms with Crippen molar-refractivity contribution in [2.24, 2.45) is 0 Å². The lowest BCUT2D eigenvalue weighted by Gasteiger charge is -2.07. The zero-order valence-electron chi connectivity index (χ0n) is 9.63. The van der Waals surface area contributed by atoms with Crippen molar-refractivity contribution in [3.63, 3.8) is 0 Å². The van der Waals surface area contributed by atoms with Gasteiger partial charge in [0.25, 0.3) is 0 Å². The molecule has 0 fully saturated rings. The lowest BCUT2D eigenvalue weighted by atomic mass is 10.0. The zero-order valence-corrected chi connectivity index (χ0v) is 10.4. The maximum absolute atomic E-state index is 13.0. The minimum absolute atomic E-state index is 0.164. The van der Waals surface area contributed by atoms with Crippen molar-refractivity contribution in [2.45, 2.75) is 38.2 Å². The fraction of sp³-hybridized carbons (Fsp3) is 0.429. The molecule has 3 heteroatoms. The van der Waals surface area contributed by atoms with Crippen LogP contribution in [0.25, 0.3) is 0 Å². The van der Waals surface area contributed by atoms with E-state index in [0.29, 0.717) is 0 Å². The molecule has 1 aliphatic carbocycles. The molecular formula is C14H16ClFO. The summed E-state index contributed by atoms with van der Waals surface area (Å²) in [6.07, 6.45) is 6.37. The van der Waals surface area contributed by atoms with Gasteiger partial charge in [0, 0.05) is 0 Å². The van der Waals surface area contributed by atoms with E-state index in [1.807, 2.05) is 6.08 Å². The number of rotatable bonds is 2. The first kappa shape index (κ1) is 12.6. The lowest BCUT2D eigenvalue weighted by Crippen LogP contribution is -2.01. The first-order chi connectivity index (χ1) is 8.15. The third-order valence-electron chi connectivity index (χ3n) is 3.09. The fourth-order valence-electron chi connectivity index (χ4n) is 2.20. The Kier molecular flexibility index (Phi) is 4.19. The van der Waals surface area contributed by atoms with E-state index in [0.717, 1.165) is 37.7 Å². The van der Waals surface area contributed by atoms with Gasteiger partial charge < -0.3 is 5.11 Å². The Balaban J connectivity index is 2.11. The van der Waals surface area contributed by atoms with Crippen LogP contribution in [0.1, 0.15) is 31.2 Å². The Morgan fingerprint density at radius 3 is 2.94 bits per heavy atom. The van der Waals surface area contributed by atoms with Gasteiger partial charge in [-0.25, -0.2) is 4.39 Å². The molecule has 0 bridgehead atoms. The average Bonchev–Trinajstić information content (AvgIpc) is 2.48. The van der Waals surface area contributed by atoms with Crippen molar-refractivity contribution >= 4 is 11.6 Å². The van der Waals surface area contributed by atoms with E-state index in [1.54, 1.807) is 12.1 Å². The second kappa shape index (κ2) is 5.65. The largest absolute Gasteiger partial charge is 0.389 e. The number of halogens is 2. The Hall–Kier alpha value is -0.860. The van der Waals surface area contributed by atoms with E-state index in [9.17, 15) is 9.50 Å². The monoisotopic (exact) mass is 254 g/mol. The summed E-state index contributed by atoms with van der Waals surface area (Å²) < 4.78 is 13.0. The number of hydrogen-bond acceptors (Lipinski definition) is 1. The van der Waals surface area contributed by atoms with Crippen molar-refractivity contribution in [1.29, 1.82) is 0 Å². The van der Waals surface area contributed by atoms with Crippen molar-refractivity contribution in [2.75, 3.05) is 0 Å². The van der Waals surface area contributed by atoms with Crippen molar-refractivity contribution in [3.05, 3.63) is 46.3 Å². The Morgan fingerprint density at radius 1 is 1.35 bits per heavy atom. The third-order valence-corrected chi connectivity index (χ3v) is 3.38. The van der Waals surface area contributed by atoms with Gasteiger partial charge in [0.05, 0.1) is 11.1 Å². The Bertz CT molecular complexity index is 428. The molecule has 0 aromatic heterocycles. The average molecular weight is 255 g/mol. The maximum atomic E-state index is 13.0. The van der Waals surface area contributed by atoms with Crippen LogP contribution in [0.2, 0.25) is 5.02 Å². The number of hydrogen-bond donors (Lipinski definition) is 1. The molecule has 0 heterocycles. The number of aliphatic hydroxyl groups is 1. The van der Waals surface area contributed by atoms with Crippen molar-refractivity contribution < 1.29 is 9.50 Å². The van der Waals surface area contributed by atoms with Gasteiger partial charge in [-0.05, 0) is 43.4 Å². The molecule has 17 heavy (non-hydrogen) atoms. The van der Waals surface area contributed by atoms with Crippen LogP contribution in [-0.4, -0.2) is 11.2 Å². The minimum atomic E-state index is -0.384. The van der Waals surface area contributed by atoms with Crippen LogP contribution in [0.4, 0.5) is 4.39 Å². The van der Waals surface area contributed by atoms with E-state index >= 15 is 0 Å². The van der Waals surface area contributed by atoms with Gasteiger partial charge in [0.2, 0.25) is 0 Å². The second-order valence-corrected chi connectivity index (χ2v) is 4.97. The molecule has 2 rings (SSSR count). The van der Waals surface area contributed by atoms with Gasteiger partial charge >= 0.3 is 0 Å². The third kappa shape index (κ3) is 3.55. The quantitative estimate of drug-likeness (QED) is 0.794. The van der Waals surface area contributed by atoms with Gasteiger partial charge in [-0.2, -0.15) is 0 Å². The zero-order chi connectivity index (χ0) is 12.3. The SMILES string of the molecule is OC1C=C(Cc2ccc(F)c(Cl)c2)CCCC1. The van der Waals surface area contributed by atoms with Gasteiger partial charge in [-0.15, -0.1) is 0 Å². The molecule has 1 N–H and O–H groups in total. The van der Waals surface area contributed by atoms with E-state index in [-0.39, 0.29) is 16.9 Å². The Morgan fingerprint density at radius 2 is 2.18 bits per heavy atom. The topological polar surface area (TPSA) is 20.2 Å². The highest BCUT2D eigenvalue weighted by Gasteiger charge is 2.10. The lowest BCUT2D eigenvalue weighted by molar-refractivity contribution is 0.211. The number of allylic oxidation sites excluding steroid dienone is 1. The normalized spacial score (nSPS) is 20.9. The van der Waals surface area contributed by atoms with E-state index in [1.165, 1.54) is 11.6 Å². The van der Waals surface area contributed by atoms with Crippen LogP contribution < -0.4 is 0 Å². The summed E-state index contributed by atoms with van der Waals surface area (Å²) >= 11 is 5.75. The molecule has 0 saturated carbocycles. The smallest absolute Gasteiger partial charge is 0.141 e. The molecule has 0 amide bonds. The summed E-state index contributed by atoms with van der Waals surface area (Å²) in [5.74, 6) is -0.384. The van der Waals surface area contributed by atoms with E-state index in [4.69, 9.17) is 11.6 Å². The summed E-state index contributed by atoms with van der Waals surface area (Å²) in [6, 6.07) is 4.81. The predicted octanol–water partition coefficient (Wildman–Crippen LogP) is 3.88. The highest BCUT2D eigenvalue weighted by molar-refractivity contribution is 6.30. The van der Waals surface area contributed by atoms with Gasteiger partial charge in [-0.3, -0.25) is 0 Å². The van der Waals surface area contributed by atoms with Crippen LogP contribution in [0, 0.1) is 5.82 Å². The van der Waals surface area contributed by atoms with E-state index < -0.39 is 0 Å². The van der Waals surface area contributed by atoms with Crippen LogP contribution in [0.5, 0.6) is 0 Å². The Labute approximate surface area is 106 Å². The first-order valence-electron chi connectivity index (χ1n) is 5.97. The molecule has 0 spiro atoms. The minimum Gasteiger partial charge on any atom is -0.389 e. The predicted molar refractivity (Wildman–Crippen MR) is 67.7 cm³/mol. The highest BCUT2D eigenvalue weighted by atomic mass is 35.5. The second-order valence-electron chi connectivity index (χ2n) is 4.56. The van der Waals surface area contributed by atoms with Crippen LogP contribution in [0.15, 0.2) is 29.8 Å². The molecular weight excluding hydrogens is 239 g/mol. The van der Waals surface area contributed by atoms with Gasteiger partial charge in [0.15, 0.2) is 0 Å². The van der Waals surface area contributed by atoms with Crippen LogP contribution >= 0.6 is 11.6 Å². The molecule has 1 atom stereocenters. The van der Waals surface area contributed by atoms with Crippen LogP contribution in [0.3, 0.4) is 0 Å². The summed E-state index contributed by atoms with van der Waals surface area (Å²) in [5, 5.41) is 9.84. The standard InChI is InChI=1S/C14H16ClFO/c15-13-9-11(5-6-14(13)16)7-10-3-1-2-4-12(17)8-10/h5-6,8-9,12,17H,1-4,7H2. The summed E-state index contributed by atoms with van der Waals surface area (Å²) in [4.78, 5) is 0. The number of benzene rings is 1. The molecule has 1 nitrogen and oxygen atoms in total.